The van der Waals surface area contributed by atoms with Crippen LogP contribution in [0, 0.1) is 0 Å². The van der Waals surface area contributed by atoms with Crippen LogP contribution in [-0.4, -0.2) is 16.1 Å². The van der Waals surface area contributed by atoms with Gasteiger partial charge in [0, 0.05) is 11.4 Å². The van der Waals surface area contributed by atoms with E-state index in [0.29, 0.717) is 5.56 Å². The molecule has 0 saturated carbocycles. The lowest BCUT2D eigenvalue weighted by atomic mass is 10.1. The fraction of sp³-hybridized carbons (Fsp3) is 0. The third-order valence-electron chi connectivity index (χ3n) is 4.19. The Labute approximate surface area is 139 Å². The molecule has 1 heterocycles. The lowest BCUT2D eigenvalue weighted by molar-refractivity contribution is 0.0697. The van der Waals surface area contributed by atoms with Crippen molar-refractivity contribution in [3.05, 3.63) is 84.4 Å². The maximum Gasteiger partial charge on any atom is 0.335 e. The summed E-state index contributed by atoms with van der Waals surface area (Å²) in [4.78, 5) is 14.3. The van der Waals surface area contributed by atoms with Crippen molar-refractivity contribution in [2.75, 3.05) is 0 Å². The summed E-state index contributed by atoms with van der Waals surface area (Å²) in [6.07, 6.45) is 0. The van der Waals surface area contributed by atoms with Crippen molar-refractivity contribution in [3.63, 3.8) is 0 Å². The lowest BCUT2D eigenvalue weighted by Crippen LogP contribution is -1.94. The average Bonchev–Trinajstić information content (AvgIpc) is 3.11. The van der Waals surface area contributed by atoms with Gasteiger partial charge >= 0.3 is 5.97 Å². The van der Waals surface area contributed by atoms with E-state index in [1.54, 1.807) is 12.1 Å². The molecule has 4 aromatic rings. The Morgan fingerprint density at radius 1 is 0.708 bits per heavy atom. The largest absolute Gasteiger partial charge is 0.478 e. The predicted octanol–water partition coefficient (Wildman–Crippen LogP) is 5.20. The van der Waals surface area contributed by atoms with Crippen molar-refractivity contribution in [2.24, 2.45) is 0 Å². The van der Waals surface area contributed by atoms with E-state index in [2.05, 4.69) is 35.3 Å². The number of H-pyrrole nitrogens is 1. The van der Waals surface area contributed by atoms with Gasteiger partial charge in [0.25, 0.3) is 0 Å². The summed E-state index contributed by atoms with van der Waals surface area (Å²) in [5, 5.41) is 11.4. The van der Waals surface area contributed by atoms with Crippen molar-refractivity contribution in [1.29, 1.82) is 0 Å². The maximum absolute atomic E-state index is 10.9. The van der Waals surface area contributed by atoms with Gasteiger partial charge in [-0.3, -0.25) is 0 Å². The first-order valence-electron chi connectivity index (χ1n) is 7.73. The van der Waals surface area contributed by atoms with Crippen LogP contribution in [-0.2, 0) is 0 Å². The van der Waals surface area contributed by atoms with Crippen molar-refractivity contribution in [3.8, 4) is 22.5 Å². The Hall–Kier alpha value is -3.33. The zero-order valence-electron chi connectivity index (χ0n) is 12.9. The zero-order chi connectivity index (χ0) is 16.5. The minimum Gasteiger partial charge on any atom is -0.478 e. The van der Waals surface area contributed by atoms with Crippen molar-refractivity contribution in [1.82, 2.24) is 4.98 Å². The molecule has 0 aliphatic heterocycles. The van der Waals surface area contributed by atoms with E-state index in [9.17, 15) is 4.79 Å². The summed E-state index contributed by atoms with van der Waals surface area (Å²) in [5.74, 6) is -0.912. The van der Waals surface area contributed by atoms with Gasteiger partial charge in [-0.2, -0.15) is 0 Å². The van der Waals surface area contributed by atoms with Crippen LogP contribution in [0.1, 0.15) is 10.4 Å². The second-order valence-electron chi connectivity index (χ2n) is 5.73. The number of carbonyl (C=O) groups is 1. The summed E-state index contributed by atoms with van der Waals surface area (Å²) in [6.45, 7) is 0. The first kappa shape index (κ1) is 14.3. The number of nitrogens with one attached hydrogen (secondary N) is 1. The van der Waals surface area contributed by atoms with Gasteiger partial charge in [-0.1, -0.05) is 48.5 Å². The van der Waals surface area contributed by atoms with E-state index in [1.807, 2.05) is 36.4 Å². The maximum atomic E-state index is 10.9. The van der Waals surface area contributed by atoms with Gasteiger partial charge in [-0.15, -0.1) is 0 Å². The molecule has 3 heteroatoms. The average molecular weight is 313 g/mol. The number of rotatable bonds is 3. The molecule has 3 aromatic carbocycles. The molecule has 0 bridgehead atoms. The molecule has 1 aromatic heterocycles. The van der Waals surface area contributed by atoms with Gasteiger partial charge in [0.15, 0.2) is 0 Å². The number of hydrogen-bond acceptors (Lipinski definition) is 1. The molecule has 0 fully saturated rings. The normalized spacial score (nSPS) is 10.8. The van der Waals surface area contributed by atoms with Crippen molar-refractivity contribution < 1.29 is 9.90 Å². The number of aromatic amines is 1. The SMILES string of the molecule is O=C(O)c1ccc(-c2ccc(-c3ccc4ccccc4c3)[nH]2)cc1. The Morgan fingerprint density at radius 3 is 2.04 bits per heavy atom. The topological polar surface area (TPSA) is 53.1 Å². The molecule has 0 spiro atoms. The van der Waals surface area contributed by atoms with Crippen LogP contribution < -0.4 is 0 Å². The van der Waals surface area contributed by atoms with E-state index < -0.39 is 5.97 Å². The second-order valence-corrected chi connectivity index (χ2v) is 5.73. The number of hydrogen-bond donors (Lipinski definition) is 2. The van der Waals surface area contributed by atoms with Crippen LogP contribution in [0.3, 0.4) is 0 Å². The third kappa shape index (κ3) is 2.57. The summed E-state index contributed by atoms with van der Waals surface area (Å²) in [7, 11) is 0. The molecule has 0 aliphatic rings. The van der Waals surface area contributed by atoms with Crippen LogP contribution in [0.2, 0.25) is 0 Å². The highest BCUT2D eigenvalue weighted by Gasteiger charge is 2.06. The molecule has 0 unspecified atom stereocenters. The number of aromatic carboxylic acids is 1. The first-order chi connectivity index (χ1) is 11.7. The van der Waals surface area contributed by atoms with Crippen LogP contribution in [0.5, 0.6) is 0 Å². The third-order valence-corrected chi connectivity index (χ3v) is 4.19. The predicted molar refractivity (Wildman–Crippen MR) is 96.1 cm³/mol. The molecule has 4 rings (SSSR count). The summed E-state index contributed by atoms with van der Waals surface area (Å²) < 4.78 is 0. The standard InChI is InChI=1S/C21H15NO2/c23-21(24)16-8-6-15(7-9-16)19-11-12-20(22-19)18-10-5-14-3-1-2-4-17(14)13-18/h1-13,22H,(H,23,24). The minimum absolute atomic E-state index is 0.292. The second kappa shape index (κ2) is 5.70. The smallest absolute Gasteiger partial charge is 0.335 e. The molecule has 0 radical (unpaired) electrons. The highest BCUT2D eigenvalue weighted by atomic mass is 16.4. The molecular weight excluding hydrogens is 298 g/mol. The van der Waals surface area contributed by atoms with E-state index in [4.69, 9.17) is 5.11 Å². The number of aromatic nitrogens is 1. The number of carboxylic acids is 1. The fourth-order valence-electron chi connectivity index (χ4n) is 2.88. The Balaban J connectivity index is 1.69. The molecule has 116 valence electrons. The number of carboxylic acid groups (broad SMARTS) is 1. The minimum atomic E-state index is -0.912. The lowest BCUT2D eigenvalue weighted by Gasteiger charge is -2.03. The quantitative estimate of drug-likeness (QED) is 0.546. The monoisotopic (exact) mass is 313 g/mol. The Morgan fingerprint density at radius 2 is 1.33 bits per heavy atom. The van der Waals surface area contributed by atoms with E-state index >= 15 is 0 Å². The number of fused-ring (bicyclic) bond motifs is 1. The van der Waals surface area contributed by atoms with Crippen LogP contribution in [0.15, 0.2) is 78.9 Å². The van der Waals surface area contributed by atoms with Gasteiger partial charge in [-0.25, -0.2) is 4.79 Å². The Kier molecular flexibility index (Phi) is 3.39. The Bertz CT molecular complexity index is 1030. The highest BCUT2D eigenvalue weighted by molar-refractivity contribution is 5.89. The summed E-state index contributed by atoms with van der Waals surface area (Å²) >= 11 is 0. The molecule has 0 aliphatic carbocycles. The van der Waals surface area contributed by atoms with Crippen LogP contribution in [0.25, 0.3) is 33.3 Å². The van der Waals surface area contributed by atoms with E-state index in [0.717, 1.165) is 22.5 Å². The highest BCUT2D eigenvalue weighted by Crippen LogP contribution is 2.27. The van der Waals surface area contributed by atoms with Gasteiger partial charge in [0.1, 0.15) is 0 Å². The first-order valence-corrected chi connectivity index (χ1v) is 7.73. The van der Waals surface area contributed by atoms with Crippen molar-refractivity contribution >= 4 is 16.7 Å². The molecule has 2 N–H and O–H groups in total. The summed E-state index contributed by atoms with van der Waals surface area (Å²) in [6, 6.07) is 25.6. The van der Waals surface area contributed by atoms with E-state index in [1.165, 1.54) is 10.8 Å². The van der Waals surface area contributed by atoms with Gasteiger partial charge in [0.2, 0.25) is 0 Å². The summed E-state index contributed by atoms with van der Waals surface area (Å²) in [5.41, 5.74) is 4.39. The van der Waals surface area contributed by atoms with Crippen LogP contribution in [0.4, 0.5) is 0 Å². The molecular formula is C21H15NO2. The van der Waals surface area contributed by atoms with E-state index in [-0.39, 0.29) is 0 Å². The molecule has 3 nitrogen and oxygen atoms in total. The van der Waals surface area contributed by atoms with Crippen LogP contribution >= 0.6 is 0 Å². The molecule has 0 saturated heterocycles. The fourth-order valence-corrected chi connectivity index (χ4v) is 2.88. The zero-order valence-corrected chi connectivity index (χ0v) is 12.9. The number of benzene rings is 3. The van der Waals surface area contributed by atoms with Gasteiger partial charge in [0.05, 0.1) is 5.56 Å². The van der Waals surface area contributed by atoms with Crippen molar-refractivity contribution in [2.45, 2.75) is 0 Å². The molecule has 0 atom stereocenters. The van der Waals surface area contributed by atoms with Gasteiger partial charge < -0.3 is 10.1 Å². The molecule has 0 amide bonds. The molecule has 24 heavy (non-hydrogen) atoms. The van der Waals surface area contributed by atoms with Gasteiger partial charge in [-0.05, 0) is 52.2 Å².